The molecule has 0 aromatic heterocycles. The third-order valence-corrected chi connectivity index (χ3v) is 3.23. The Labute approximate surface area is 135 Å². The lowest BCUT2D eigenvalue weighted by Crippen LogP contribution is -2.51. The number of carboxylic acid groups (broad SMARTS) is 1. The third-order valence-electron chi connectivity index (χ3n) is 3.23. The number of rotatable bonds is 8. The Bertz CT molecular complexity index is 533. The maximum Gasteiger partial charge on any atom is 0.326 e. The van der Waals surface area contributed by atoms with Gasteiger partial charge in [-0.3, -0.25) is 4.79 Å². The normalized spacial score (nSPS) is 12.8. The predicted octanol–water partition coefficient (Wildman–Crippen LogP) is 1.96. The lowest BCUT2D eigenvalue weighted by Gasteiger charge is -2.18. The summed E-state index contributed by atoms with van der Waals surface area (Å²) >= 11 is 0. The van der Waals surface area contributed by atoms with Crippen molar-refractivity contribution in [2.45, 2.75) is 45.2 Å². The number of urea groups is 1. The van der Waals surface area contributed by atoms with E-state index in [4.69, 9.17) is 5.11 Å². The smallest absolute Gasteiger partial charge is 0.326 e. The topological polar surface area (TPSA) is 108 Å². The molecular weight excluding hydrogens is 298 g/mol. The van der Waals surface area contributed by atoms with Crippen LogP contribution in [0.3, 0.4) is 0 Å². The summed E-state index contributed by atoms with van der Waals surface area (Å²) in [6.07, 6.45) is 1.90. The number of carboxylic acids is 1. The number of para-hydroxylation sites is 1. The Kier molecular flexibility index (Phi) is 7.59. The molecule has 126 valence electrons. The molecule has 0 aliphatic carbocycles. The predicted molar refractivity (Wildman–Crippen MR) is 87.1 cm³/mol. The standard InChI is InChI=1S/C16H23N3O4/c1-3-4-10-13(15(21)22)19-14(20)11(2)17-16(23)18-12-8-6-5-7-9-12/h5-9,11,13H,3-4,10H2,1-2H3,(H,19,20)(H,21,22)(H2,17,18,23)/t11?,13-/m0/s1. The zero-order valence-corrected chi connectivity index (χ0v) is 13.3. The van der Waals surface area contributed by atoms with Crippen LogP contribution < -0.4 is 16.0 Å². The average molecular weight is 321 g/mol. The monoisotopic (exact) mass is 321 g/mol. The molecule has 0 spiro atoms. The molecule has 23 heavy (non-hydrogen) atoms. The Balaban J connectivity index is 2.48. The molecule has 1 unspecified atom stereocenters. The van der Waals surface area contributed by atoms with E-state index in [2.05, 4.69) is 16.0 Å². The van der Waals surface area contributed by atoms with Crippen molar-refractivity contribution in [3.63, 3.8) is 0 Å². The number of carbonyl (C=O) groups excluding carboxylic acids is 2. The van der Waals surface area contributed by atoms with Crippen molar-refractivity contribution in [2.24, 2.45) is 0 Å². The molecule has 0 aliphatic heterocycles. The summed E-state index contributed by atoms with van der Waals surface area (Å²) in [5.74, 6) is -1.61. The van der Waals surface area contributed by atoms with Crippen LogP contribution in [-0.4, -0.2) is 35.1 Å². The van der Waals surface area contributed by atoms with Gasteiger partial charge in [-0.05, 0) is 25.5 Å². The molecule has 0 saturated carbocycles. The highest BCUT2D eigenvalue weighted by molar-refractivity contribution is 5.94. The summed E-state index contributed by atoms with van der Waals surface area (Å²) in [7, 11) is 0. The minimum absolute atomic E-state index is 0.362. The van der Waals surface area contributed by atoms with E-state index in [1.54, 1.807) is 24.3 Å². The van der Waals surface area contributed by atoms with Gasteiger partial charge in [-0.25, -0.2) is 9.59 Å². The molecule has 1 rings (SSSR count). The van der Waals surface area contributed by atoms with Crippen LogP contribution in [0.4, 0.5) is 10.5 Å². The zero-order valence-electron chi connectivity index (χ0n) is 13.3. The van der Waals surface area contributed by atoms with Crippen LogP contribution >= 0.6 is 0 Å². The van der Waals surface area contributed by atoms with Gasteiger partial charge in [-0.15, -0.1) is 0 Å². The second-order valence-corrected chi connectivity index (χ2v) is 5.23. The molecular formula is C16H23N3O4. The van der Waals surface area contributed by atoms with E-state index in [-0.39, 0.29) is 0 Å². The second kappa shape index (κ2) is 9.45. The molecule has 4 N–H and O–H groups in total. The van der Waals surface area contributed by atoms with Gasteiger partial charge >= 0.3 is 12.0 Å². The van der Waals surface area contributed by atoms with E-state index < -0.39 is 30.0 Å². The van der Waals surface area contributed by atoms with Gasteiger partial charge in [0.15, 0.2) is 0 Å². The molecule has 2 atom stereocenters. The summed E-state index contributed by atoms with van der Waals surface area (Å²) < 4.78 is 0. The van der Waals surface area contributed by atoms with Gasteiger partial charge in [-0.2, -0.15) is 0 Å². The average Bonchev–Trinajstić information content (AvgIpc) is 2.51. The van der Waals surface area contributed by atoms with Crippen molar-refractivity contribution in [3.8, 4) is 0 Å². The highest BCUT2D eigenvalue weighted by Gasteiger charge is 2.23. The van der Waals surface area contributed by atoms with Gasteiger partial charge in [-0.1, -0.05) is 38.0 Å². The van der Waals surface area contributed by atoms with Crippen LogP contribution in [0.15, 0.2) is 30.3 Å². The largest absolute Gasteiger partial charge is 0.480 e. The molecule has 7 nitrogen and oxygen atoms in total. The number of unbranched alkanes of at least 4 members (excludes halogenated alkanes) is 1. The number of carbonyl (C=O) groups is 3. The highest BCUT2D eigenvalue weighted by atomic mass is 16.4. The van der Waals surface area contributed by atoms with Crippen molar-refractivity contribution in [1.29, 1.82) is 0 Å². The first kappa shape index (κ1) is 18.5. The maximum atomic E-state index is 12.0. The minimum Gasteiger partial charge on any atom is -0.480 e. The maximum absolute atomic E-state index is 12.0. The van der Waals surface area contributed by atoms with Gasteiger partial charge in [0.2, 0.25) is 5.91 Å². The SMILES string of the molecule is CCCC[C@H](NC(=O)C(C)NC(=O)Nc1ccccc1)C(=O)O. The lowest BCUT2D eigenvalue weighted by molar-refractivity contribution is -0.142. The molecule has 3 amide bonds. The summed E-state index contributed by atoms with van der Waals surface area (Å²) in [4.78, 5) is 34.9. The van der Waals surface area contributed by atoms with Crippen LogP contribution in [0.5, 0.6) is 0 Å². The quantitative estimate of drug-likeness (QED) is 0.587. The fourth-order valence-electron chi connectivity index (χ4n) is 1.91. The highest BCUT2D eigenvalue weighted by Crippen LogP contribution is 2.05. The molecule has 1 aromatic rings. The fraction of sp³-hybridized carbons (Fsp3) is 0.438. The van der Waals surface area contributed by atoms with Gasteiger partial charge < -0.3 is 21.1 Å². The Morgan fingerprint density at radius 3 is 2.35 bits per heavy atom. The molecule has 0 aliphatic rings. The lowest BCUT2D eigenvalue weighted by atomic mass is 10.1. The Morgan fingerprint density at radius 2 is 1.78 bits per heavy atom. The van der Waals surface area contributed by atoms with Gasteiger partial charge in [0, 0.05) is 5.69 Å². The van der Waals surface area contributed by atoms with E-state index in [9.17, 15) is 14.4 Å². The van der Waals surface area contributed by atoms with E-state index in [0.29, 0.717) is 18.5 Å². The zero-order chi connectivity index (χ0) is 17.2. The van der Waals surface area contributed by atoms with Crippen molar-refractivity contribution in [3.05, 3.63) is 30.3 Å². The number of amides is 3. The summed E-state index contributed by atoms with van der Waals surface area (Å²) in [6.45, 7) is 3.44. The van der Waals surface area contributed by atoms with Crippen molar-refractivity contribution >= 4 is 23.6 Å². The summed E-state index contributed by atoms with van der Waals surface area (Å²) in [6, 6.07) is 6.49. The van der Waals surface area contributed by atoms with E-state index in [1.807, 2.05) is 13.0 Å². The van der Waals surface area contributed by atoms with Crippen molar-refractivity contribution in [2.75, 3.05) is 5.32 Å². The number of benzene rings is 1. The number of anilines is 1. The fourth-order valence-corrected chi connectivity index (χ4v) is 1.91. The second-order valence-electron chi connectivity index (χ2n) is 5.23. The van der Waals surface area contributed by atoms with Crippen LogP contribution in [-0.2, 0) is 9.59 Å². The van der Waals surface area contributed by atoms with E-state index in [0.717, 1.165) is 6.42 Å². The van der Waals surface area contributed by atoms with Crippen LogP contribution in [0.25, 0.3) is 0 Å². The van der Waals surface area contributed by atoms with Crippen molar-refractivity contribution in [1.82, 2.24) is 10.6 Å². The van der Waals surface area contributed by atoms with Crippen molar-refractivity contribution < 1.29 is 19.5 Å². The number of hydrogen-bond donors (Lipinski definition) is 4. The molecule has 0 heterocycles. The number of aliphatic carboxylic acids is 1. The molecule has 0 saturated heterocycles. The van der Waals surface area contributed by atoms with Gasteiger partial charge in [0.25, 0.3) is 0 Å². The number of hydrogen-bond acceptors (Lipinski definition) is 3. The third kappa shape index (κ3) is 6.82. The summed E-state index contributed by atoms with van der Waals surface area (Å²) in [5, 5.41) is 16.6. The van der Waals surface area contributed by atoms with Gasteiger partial charge in [0.05, 0.1) is 0 Å². The van der Waals surface area contributed by atoms with Crippen LogP contribution in [0.1, 0.15) is 33.1 Å². The number of nitrogens with one attached hydrogen (secondary N) is 3. The Morgan fingerprint density at radius 1 is 1.13 bits per heavy atom. The molecule has 1 aromatic carbocycles. The molecule has 7 heteroatoms. The first-order valence-electron chi connectivity index (χ1n) is 7.59. The molecule has 0 fully saturated rings. The van der Waals surface area contributed by atoms with Gasteiger partial charge in [0.1, 0.15) is 12.1 Å². The first-order valence-corrected chi connectivity index (χ1v) is 7.59. The molecule has 0 radical (unpaired) electrons. The van der Waals surface area contributed by atoms with E-state index in [1.165, 1.54) is 6.92 Å². The summed E-state index contributed by atoms with van der Waals surface area (Å²) in [5.41, 5.74) is 0.601. The van der Waals surface area contributed by atoms with Crippen LogP contribution in [0, 0.1) is 0 Å². The minimum atomic E-state index is -1.08. The van der Waals surface area contributed by atoms with E-state index >= 15 is 0 Å². The Hall–Kier alpha value is -2.57. The first-order chi connectivity index (χ1) is 10.9. The van der Waals surface area contributed by atoms with Crippen LogP contribution in [0.2, 0.25) is 0 Å². The molecule has 0 bridgehead atoms.